The average molecular weight is 666 g/mol. The number of rotatable bonds is 5. The van der Waals surface area contributed by atoms with Gasteiger partial charge in [0, 0.05) is 5.56 Å². The van der Waals surface area contributed by atoms with E-state index < -0.39 is 0 Å². The van der Waals surface area contributed by atoms with Gasteiger partial charge in [0.1, 0.15) is 5.01 Å². The molecular formula is C49H31NS. The van der Waals surface area contributed by atoms with Crippen LogP contribution in [0.15, 0.2) is 188 Å². The zero-order chi connectivity index (χ0) is 33.7. The number of para-hydroxylation sites is 1. The maximum atomic E-state index is 5.06. The molecule has 9 aromatic carbocycles. The maximum Gasteiger partial charge on any atom is 0.125 e. The normalized spacial score (nSPS) is 11.5. The van der Waals surface area contributed by atoms with Crippen molar-refractivity contribution in [1.29, 1.82) is 0 Å². The van der Waals surface area contributed by atoms with E-state index in [0.29, 0.717) is 0 Å². The van der Waals surface area contributed by atoms with Crippen LogP contribution >= 0.6 is 11.3 Å². The first-order valence-corrected chi connectivity index (χ1v) is 18.2. The first-order valence-electron chi connectivity index (χ1n) is 17.4. The van der Waals surface area contributed by atoms with Gasteiger partial charge in [0.25, 0.3) is 0 Å². The van der Waals surface area contributed by atoms with Crippen molar-refractivity contribution < 1.29 is 0 Å². The number of hydrogen-bond acceptors (Lipinski definition) is 2. The Labute approximate surface area is 300 Å². The number of hydrogen-bond donors (Lipinski definition) is 0. The summed E-state index contributed by atoms with van der Waals surface area (Å²) >= 11 is 1.76. The summed E-state index contributed by atoms with van der Waals surface area (Å²) in [4.78, 5) is 5.06. The minimum atomic E-state index is 1.05. The fraction of sp³-hybridized carbons (Fsp3) is 0. The molecule has 0 unspecified atom stereocenters. The third kappa shape index (κ3) is 5.03. The summed E-state index contributed by atoms with van der Waals surface area (Å²) in [5.74, 6) is 0. The zero-order valence-corrected chi connectivity index (χ0v) is 28.6. The van der Waals surface area contributed by atoms with Crippen molar-refractivity contribution in [3.05, 3.63) is 188 Å². The van der Waals surface area contributed by atoms with E-state index in [0.717, 1.165) is 10.5 Å². The van der Waals surface area contributed by atoms with Crippen LogP contribution in [0.2, 0.25) is 0 Å². The van der Waals surface area contributed by atoms with Crippen LogP contribution in [0.4, 0.5) is 0 Å². The van der Waals surface area contributed by atoms with Gasteiger partial charge < -0.3 is 0 Å². The second-order valence-corrected chi connectivity index (χ2v) is 14.1. The summed E-state index contributed by atoms with van der Waals surface area (Å²) in [5.41, 5.74) is 12.0. The van der Waals surface area contributed by atoms with E-state index in [-0.39, 0.29) is 0 Å². The van der Waals surface area contributed by atoms with Crippen LogP contribution < -0.4 is 0 Å². The molecule has 0 saturated carbocycles. The lowest BCUT2D eigenvalue weighted by molar-refractivity contribution is 1.49. The first-order chi connectivity index (χ1) is 25.3. The molecule has 0 spiro atoms. The van der Waals surface area contributed by atoms with Gasteiger partial charge in [-0.1, -0.05) is 158 Å². The molecule has 0 bridgehead atoms. The van der Waals surface area contributed by atoms with E-state index >= 15 is 0 Å². The third-order valence-electron chi connectivity index (χ3n) is 10.1. The number of fused-ring (bicyclic) bond motifs is 4. The average Bonchev–Trinajstić information content (AvgIpc) is 3.64. The Balaban J connectivity index is 1.26. The Morgan fingerprint density at radius 3 is 1.31 bits per heavy atom. The molecule has 2 heteroatoms. The van der Waals surface area contributed by atoms with E-state index in [1.165, 1.54) is 87.1 Å². The van der Waals surface area contributed by atoms with Crippen molar-refractivity contribution >= 4 is 53.9 Å². The van der Waals surface area contributed by atoms with Crippen molar-refractivity contribution in [2.24, 2.45) is 0 Å². The lowest BCUT2D eigenvalue weighted by Gasteiger charge is -2.20. The standard InChI is InChI=1S/C49H31NS/c1-3-15-32(16-4-1)34-29-35(33-17-5-2-6-18-33)31-36(30-34)47-39-21-9-11-23-41(39)48(42-24-12-10-22-40(42)47)43-27-28-44(38-20-8-7-19-37(38)43)49-50-45-25-13-14-26-46(45)51-49/h1-31H. The Kier molecular flexibility index (Phi) is 7.07. The van der Waals surface area contributed by atoms with Gasteiger partial charge in [-0.3, -0.25) is 0 Å². The van der Waals surface area contributed by atoms with Gasteiger partial charge in [-0.05, 0) is 107 Å². The van der Waals surface area contributed by atoms with Gasteiger partial charge in [0.15, 0.2) is 0 Å². The van der Waals surface area contributed by atoms with Gasteiger partial charge in [0.05, 0.1) is 10.2 Å². The molecule has 0 aliphatic carbocycles. The van der Waals surface area contributed by atoms with Crippen LogP contribution in [0.25, 0.3) is 97.6 Å². The van der Waals surface area contributed by atoms with Gasteiger partial charge in [-0.15, -0.1) is 11.3 Å². The summed E-state index contributed by atoms with van der Waals surface area (Å²) in [6.07, 6.45) is 0. The van der Waals surface area contributed by atoms with Crippen molar-refractivity contribution in [2.75, 3.05) is 0 Å². The summed E-state index contributed by atoms with van der Waals surface area (Å²) in [5, 5.41) is 8.48. The Hall–Kier alpha value is -6.35. The molecule has 1 heterocycles. The van der Waals surface area contributed by atoms with Crippen LogP contribution in [0.1, 0.15) is 0 Å². The number of aromatic nitrogens is 1. The van der Waals surface area contributed by atoms with Crippen LogP contribution in [0.5, 0.6) is 0 Å². The highest BCUT2D eigenvalue weighted by Gasteiger charge is 2.20. The highest BCUT2D eigenvalue weighted by Crippen LogP contribution is 2.47. The summed E-state index contributed by atoms with van der Waals surface area (Å²) in [6, 6.07) is 68.3. The quantitative estimate of drug-likeness (QED) is 0.167. The van der Waals surface area contributed by atoms with Gasteiger partial charge in [-0.2, -0.15) is 0 Å². The number of nitrogens with zero attached hydrogens (tertiary/aromatic N) is 1. The van der Waals surface area contributed by atoms with E-state index in [4.69, 9.17) is 4.98 Å². The summed E-state index contributed by atoms with van der Waals surface area (Å²) in [7, 11) is 0. The molecule has 0 amide bonds. The third-order valence-corrected chi connectivity index (χ3v) is 11.2. The molecule has 0 atom stereocenters. The maximum absolute atomic E-state index is 5.06. The van der Waals surface area contributed by atoms with Crippen molar-refractivity contribution in [3.8, 4) is 55.1 Å². The molecule has 10 rings (SSSR count). The highest BCUT2D eigenvalue weighted by atomic mass is 32.1. The SMILES string of the molecule is c1ccc(-c2cc(-c3ccccc3)cc(-c3c4ccccc4c(-c4ccc(-c5nc6ccccc6s5)c5ccccc45)c4ccccc34)c2)cc1. The molecule has 0 fully saturated rings. The minimum absolute atomic E-state index is 1.05. The van der Waals surface area contributed by atoms with Crippen LogP contribution in [0.3, 0.4) is 0 Å². The topological polar surface area (TPSA) is 12.9 Å². The molecule has 1 nitrogen and oxygen atoms in total. The number of thiazole rings is 1. The largest absolute Gasteiger partial charge is 0.236 e. The number of benzene rings is 9. The highest BCUT2D eigenvalue weighted by molar-refractivity contribution is 7.21. The van der Waals surface area contributed by atoms with E-state index in [2.05, 4.69) is 188 Å². The molecule has 0 aliphatic rings. The lowest BCUT2D eigenvalue weighted by Crippen LogP contribution is -1.93. The molecule has 1 aromatic heterocycles. The monoisotopic (exact) mass is 665 g/mol. The predicted molar refractivity (Wildman–Crippen MR) is 219 cm³/mol. The molecule has 0 N–H and O–H groups in total. The predicted octanol–water partition coefficient (Wildman–Crippen LogP) is 14.1. The second-order valence-electron chi connectivity index (χ2n) is 13.1. The Morgan fingerprint density at radius 2 is 0.745 bits per heavy atom. The summed E-state index contributed by atoms with van der Waals surface area (Å²) < 4.78 is 1.21. The van der Waals surface area contributed by atoms with Crippen LogP contribution in [-0.4, -0.2) is 4.98 Å². The van der Waals surface area contributed by atoms with Gasteiger partial charge in [0.2, 0.25) is 0 Å². The fourth-order valence-electron chi connectivity index (χ4n) is 7.79. The molecule has 0 saturated heterocycles. The Bertz CT molecular complexity index is 2760. The summed E-state index contributed by atoms with van der Waals surface area (Å²) in [6.45, 7) is 0. The Morgan fingerprint density at radius 1 is 0.314 bits per heavy atom. The molecule has 51 heavy (non-hydrogen) atoms. The lowest BCUT2D eigenvalue weighted by atomic mass is 9.83. The molecular weight excluding hydrogens is 635 g/mol. The van der Waals surface area contributed by atoms with Crippen LogP contribution in [-0.2, 0) is 0 Å². The van der Waals surface area contributed by atoms with Crippen molar-refractivity contribution in [3.63, 3.8) is 0 Å². The second kappa shape index (κ2) is 12.2. The fourth-order valence-corrected chi connectivity index (χ4v) is 8.79. The van der Waals surface area contributed by atoms with E-state index in [1.54, 1.807) is 11.3 Å². The first kappa shape index (κ1) is 29.6. The zero-order valence-electron chi connectivity index (χ0n) is 27.8. The van der Waals surface area contributed by atoms with Crippen molar-refractivity contribution in [2.45, 2.75) is 0 Å². The van der Waals surface area contributed by atoms with E-state index in [9.17, 15) is 0 Å². The smallest absolute Gasteiger partial charge is 0.125 e. The van der Waals surface area contributed by atoms with E-state index in [1.807, 2.05) is 0 Å². The molecule has 0 radical (unpaired) electrons. The molecule has 10 aromatic rings. The molecule has 0 aliphatic heterocycles. The van der Waals surface area contributed by atoms with Gasteiger partial charge in [-0.25, -0.2) is 4.98 Å². The van der Waals surface area contributed by atoms with Gasteiger partial charge >= 0.3 is 0 Å². The van der Waals surface area contributed by atoms with Crippen molar-refractivity contribution in [1.82, 2.24) is 4.98 Å². The minimum Gasteiger partial charge on any atom is -0.236 e. The van der Waals surface area contributed by atoms with Crippen LogP contribution in [0, 0.1) is 0 Å². The molecule has 238 valence electrons.